The molecule has 0 saturated carbocycles. The minimum Gasteiger partial charge on any atom is -0.227 e. The van der Waals surface area contributed by atoms with Crippen LogP contribution in [0, 0.1) is 0 Å². The Morgan fingerprint density at radius 2 is 1.67 bits per heavy atom. The number of rotatable bonds is 1. The lowest BCUT2D eigenvalue weighted by Gasteiger charge is -1.93. The van der Waals surface area contributed by atoms with E-state index < -0.39 is 12.5 Å². The van der Waals surface area contributed by atoms with Crippen molar-refractivity contribution < 1.29 is 13.9 Å². The first-order valence-corrected chi connectivity index (χ1v) is 1.58. The molecule has 1 atom stereocenters. The maximum absolute atomic E-state index is 10.8. The van der Waals surface area contributed by atoms with Crippen LogP contribution < -0.4 is 0 Å². The van der Waals surface area contributed by atoms with Crippen molar-refractivity contribution in [2.45, 2.75) is 19.5 Å². The molecule has 0 heterocycles. The molecule has 0 bridgehead atoms. The van der Waals surface area contributed by atoms with Crippen LogP contribution in [0.25, 0.3) is 0 Å². The van der Waals surface area contributed by atoms with E-state index in [1.807, 2.05) is 0 Å². The molecule has 0 amide bonds. The molecule has 0 aromatic rings. The summed E-state index contributed by atoms with van der Waals surface area (Å²) in [5, 5.41) is 9.48. The number of hydrogen-bond donors (Lipinski definition) is 0. The zero-order valence-corrected chi connectivity index (χ0v) is 3.32. The Morgan fingerprint density at radius 1 is 1.50 bits per heavy atom. The molecule has 3 heteroatoms. The first-order valence-electron chi connectivity index (χ1n) is 1.58. The van der Waals surface area contributed by atoms with E-state index in [1.165, 1.54) is 0 Å². The third-order valence-corrected chi connectivity index (χ3v) is 0.355. The van der Waals surface area contributed by atoms with Gasteiger partial charge >= 0.3 is 0 Å². The van der Waals surface area contributed by atoms with Crippen molar-refractivity contribution in [2.24, 2.45) is 0 Å². The molecule has 1 nitrogen and oxygen atoms in total. The summed E-state index contributed by atoms with van der Waals surface area (Å²) in [4.78, 5) is 0. The molecule has 0 aliphatic heterocycles. The van der Waals surface area contributed by atoms with Crippen molar-refractivity contribution in [3.05, 3.63) is 0 Å². The Bertz CT molecular complexity index is 29.8. The molecule has 0 aromatic heterocycles. The van der Waals surface area contributed by atoms with Gasteiger partial charge in [-0.15, -0.1) is 0 Å². The highest BCUT2D eigenvalue weighted by Gasteiger charge is 2.10. The predicted molar refractivity (Wildman–Crippen MR) is 16.2 cm³/mol. The van der Waals surface area contributed by atoms with Gasteiger partial charge in [0.05, 0.1) is 0 Å². The third-order valence-electron chi connectivity index (χ3n) is 0.355. The summed E-state index contributed by atoms with van der Waals surface area (Å²) in [5.74, 6) is 0. The molecular formula is C3H5F2O. The smallest absolute Gasteiger partial charge is 0.227 e. The Balaban J connectivity index is 2.99. The van der Waals surface area contributed by atoms with Crippen LogP contribution >= 0.6 is 0 Å². The summed E-state index contributed by atoms with van der Waals surface area (Å²) < 4.78 is 21.7. The average molecular weight is 95.1 g/mol. The number of alkyl halides is 2. The van der Waals surface area contributed by atoms with Gasteiger partial charge in [-0.1, -0.05) is 0 Å². The van der Waals surface area contributed by atoms with Crippen molar-refractivity contribution in [3.8, 4) is 0 Å². The van der Waals surface area contributed by atoms with E-state index in [-0.39, 0.29) is 0 Å². The average Bonchev–Trinajstić information content (AvgIpc) is 1.36. The maximum atomic E-state index is 10.8. The van der Waals surface area contributed by atoms with E-state index in [9.17, 15) is 13.9 Å². The van der Waals surface area contributed by atoms with E-state index in [4.69, 9.17) is 0 Å². The molecule has 0 fully saturated rings. The van der Waals surface area contributed by atoms with Crippen LogP contribution in [0.15, 0.2) is 0 Å². The molecule has 0 spiro atoms. The third kappa shape index (κ3) is 2.08. The lowest BCUT2D eigenvalue weighted by atomic mass is 10.4. The molecule has 37 valence electrons. The van der Waals surface area contributed by atoms with E-state index in [0.29, 0.717) is 0 Å². The first kappa shape index (κ1) is 5.82. The van der Waals surface area contributed by atoms with Crippen LogP contribution in [0.4, 0.5) is 8.78 Å². The minimum absolute atomic E-state index is 0.935. The molecule has 6 heavy (non-hydrogen) atoms. The number of halogens is 2. The SMILES string of the molecule is CC([O])C(F)F. The first-order chi connectivity index (χ1) is 2.64. The van der Waals surface area contributed by atoms with E-state index in [0.717, 1.165) is 6.92 Å². The molecule has 1 unspecified atom stereocenters. The van der Waals surface area contributed by atoms with Gasteiger partial charge in [0.15, 0.2) is 6.10 Å². The highest BCUT2D eigenvalue weighted by Crippen LogP contribution is 1.97. The summed E-state index contributed by atoms with van der Waals surface area (Å²) in [6.45, 7) is 0.935. The quantitative estimate of drug-likeness (QED) is 0.464. The van der Waals surface area contributed by atoms with E-state index in [2.05, 4.69) is 0 Å². The lowest BCUT2D eigenvalue weighted by Crippen LogP contribution is -2.08. The minimum atomic E-state index is -2.70. The van der Waals surface area contributed by atoms with Gasteiger partial charge in [-0.25, -0.2) is 13.9 Å². The molecule has 0 rings (SSSR count). The molecule has 0 aliphatic rings. The summed E-state index contributed by atoms with van der Waals surface area (Å²) in [6.07, 6.45) is -4.44. The molecule has 0 aromatic carbocycles. The van der Waals surface area contributed by atoms with Crippen LogP contribution in [-0.4, -0.2) is 12.5 Å². The summed E-state index contributed by atoms with van der Waals surface area (Å²) >= 11 is 0. The van der Waals surface area contributed by atoms with Crippen molar-refractivity contribution in [1.29, 1.82) is 0 Å². The number of hydrogen-bond acceptors (Lipinski definition) is 0. The normalized spacial score (nSPS) is 15.5. The van der Waals surface area contributed by atoms with Gasteiger partial charge in [-0.3, -0.25) is 0 Å². The van der Waals surface area contributed by atoms with Crippen molar-refractivity contribution >= 4 is 0 Å². The van der Waals surface area contributed by atoms with Gasteiger partial charge in [-0.2, -0.15) is 0 Å². The molecule has 0 saturated heterocycles. The van der Waals surface area contributed by atoms with Crippen LogP contribution in [0.1, 0.15) is 6.92 Å². The fraction of sp³-hybridized carbons (Fsp3) is 1.00. The maximum Gasteiger partial charge on any atom is 0.267 e. The monoisotopic (exact) mass is 95.0 g/mol. The van der Waals surface area contributed by atoms with Crippen LogP contribution in [-0.2, 0) is 5.11 Å². The van der Waals surface area contributed by atoms with Gasteiger partial charge in [0.2, 0.25) is 0 Å². The van der Waals surface area contributed by atoms with Crippen LogP contribution in [0.2, 0.25) is 0 Å². The highest BCUT2D eigenvalue weighted by molar-refractivity contribution is 4.43. The van der Waals surface area contributed by atoms with E-state index >= 15 is 0 Å². The predicted octanol–water partition coefficient (Wildman–Crippen LogP) is 1.07. The van der Waals surface area contributed by atoms with Crippen molar-refractivity contribution in [2.75, 3.05) is 0 Å². The van der Waals surface area contributed by atoms with Crippen molar-refractivity contribution in [1.82, 2.24) is 0 Å². The Hall–Kier alpha value is -0.180. The zero-order valence-electron chi connectivity index (χ0n) is 3.32. The second-order valence-corrected chi connectivity index (χ2v) is 1.04. The molecular weight excluding hydrogens is 90.0 g/mol. The second-order valence-electron chi connectivity index (χ2n) is 1.04. The summed E-state index contributed by atoms with van der Waals surface area (Å²) in [5.41, 5.74) is 0. The van der Waals surface area contributed by atoms with E-state index in [1.54, 1.807) is 0 Å². The highest BCUT2D eigenvalue weighted by atomic mass is 19.3. The molecule has 1 radical (unpaired) electrons. The van der Waals surface area contributed by atoms with Gasteiger partial charge in [-0.05, 0) is 6.92 Å². The Kier molecular flexibility index (Phi) is 2.01. The Labute approximate surface area is 34.6 Å². The fourth-order valence-corrected chi connectivity index (χ4v) is 0. The topological polar surface area (TPSA) is 19.9 Å². The summed E-state index contributed by atoms with van der Waals surface area (Å²) in [7, 11) is 0. The standard InChI is InChI=1S/C3H5F2O/c1-2(6)3(4)5/h2-3H,1H3. The van der Waals surface area contributed by atoms with Gasteiger partial charge < -0.3 is 0 Å². The lowest BCUT2D eigenvalue weighted by molar-refractivity contribution is -0.0340. The summed E-state index contributed by atoms with van der Waals surface area (Å²) in [6, 6.07) is 0. The van der Waals surface area contributed by atoms with Crippen molar-refractivity contribution in [3.63, 3.8) is 0 Å². The van der Waals surface area contributed by atoms with Crippen LogP contribution in [0.3, 0.4) is 0 Å². The molecule has 0 N–H and O–H groups in total. The molecule has 0 aliphatic carbocycles. The van der Waals surface area contributed by atoms with Crippen LogP contribution in [0.5, 0.6) is 0 Å². The van der Waals surface area contributed by atoms with Gasteiger partial charge in [0.1, 0.15) is 0 Å². The Morgan fingerprint density at radius 3 is 1.67 bits per heavy atom. The largest absolute Gasteiger partial charge is 0.267 e. The zero-order chi connectivity index (χ0) is 5.15. The fourth-order valence-electron chi connectivity index (χ4n) is 0. The second kappa shape index (κ2) is 2.08. The van der Waals surface area contributed by atoms with Gasteiger partial charge in [0.25, 0.3) is 6.43 Å². The van der Waals surface area contributed by atoms with Gasteiger partial charge in [0, 0.05) is 0 Å².